The smallest absolute Gasteiger partial charge is 0.120 e. The summed E-state index contributed by atoms with van der Waals surface area (Å²) < 4.78 is 0.835. The molecule has 0 fully saturated rings. The molecule has 0 rings (SSSR count). The fourth-order valence-electron chi connectivity index (χ4n) is 0.365. The molecule has 0 unspecified atom stereocenters. The van der Waals surface area contributed by atoms with Gasteiger partial charge in [-0.15, -0.1) is 12.4 Å². The second kappa shape index (κ2) is 8.52. The third-order valence-corrected chi connectivity index (χ3v) is 0.929. The molecule has 11 heavy (non-hydrogen) atoms. The molecule has 0 aliphatic rings. The van der Waals surface area contributed by atoms with E-state index in [1.165, 1.54) is 0 Å². The van der Waals surface area contributed by atoms with Crippen LogP contribution < -0.4 is 18.1 Å². The van der Waals surface area contributed by atoms with Crippen LogP contribution in [0.3, 0.4) is 0 Å². The summed E-state index contributed by atoms with van der Waals surface area (Å²) in [6.45, 7) is 1.38. The summed E-state index contributed by atoms with van der Waals surface area (Å²) in [5.41, 5.74) is 1.63. The second-order valence-electron chi connectivity index (χ2n) is 2.95. The van der Waals surface area contributed by atoms with Crippen molar-refractivity contribution in [2.24, 2.45) is 0 Å². The van der Waals surface area contributed by atoms with Gasteiger partial charge in [-0.2, -0.15) is 0 Å². The number of likely N-dealkylation sites (N-methyl/N-ethyl adjacent to an activating group) is 1. The van der Waals surface area contributed by atoms with Crippen molar-refractivity contribution in [3.63, 3.8) is 0 Å². The Bertz CT molecular complexity index is 77.4. The molecule has 0 aliphatic carbocycles. The molecule has 72 valence electrons. The molecule has 0 bridgehead atoms. The second-order valence-corrected chi connectivity index (χ2v) is 2.95. The van der Waals surface area contributed by atoms with Gasteiger partial charge in [-0.05, 0) is 0 Å². The van der Waals surface area contributed by atoms with E-state index in [1.807, 2.05) is 0 Å². The van der Waals surface area contributed by atoms with Crippen LogP contribution in [0.1, 0.15) is 0 Å². The van der Waals surface area contributed by atoms with Gasteiger partial charge in [-0.3, -0.25) is 10.0 Å². The minimum Gasteiger partial charge on any atom is -1.00 e. The van der Waals surface area contributed by atoms with Gasteiger partial charge in [0.15, 0.2) is 0 Å². The van der Waals surface area contributed by atoms with Gasteiger partial charge in [-0.1, -0.05) is 5.64 Å². The monoisotopic (exact) mass is 206 g/mol. The van der Waals surface area contributed by atoms with Crippen LogP contribution in [0.25, 0.3) is 0 Å². The van der Waals surface area contributed by atoms with Crippen molar-refractivity contribution in [1.82, 2.24) is 5.64 Å². The molecule has 4 nitrogen and oxygen atoms in total. The zero-order chi connectivity index (χ0) is 7.33. The third-order valence-electron chi connectivity index (χ3n) is 0.929. The van der Waals surface area contributed by atoms with Crippen molar-refractivity contribution in [2.75, 3.05) is 34.3 Å². The minimum atomic E-state index is 0. The molecule has 2 N–H and O–H groups in total. The first kappa shape index (κ1) is 17.5. The lowest BCUT2D eigenvalue weighted by Crippen LogP contribution is -3.00. The number of hydrogen-bond donors (Lipinski definition) is 2. The third kappa shape index (κ3) is 17.9. The Morgan fingerprint density at radius 3 is 2.09 bits per heavy atom. The van der Waals surface area contributed by atoms with E-state index >= 15 is 0 Å². The molecule has 0 amide bonds. The fraction of sp³-hybridized carbons (Fsp3) is 1.00. The maximum Gasteiger partial charge on any atom is 0.120 e. The normalized spacial score (nSPS) is 9.82. The zero-order valence-electron chi connectivity index (χ0n) is 7.00. The maximum absolute atomic E-state index is 7.98. The van der Waals surface area contributed by atoms with Gasteiger partial charge in [0.2, 0.25) is 0 Å². The lowest BCUT2D eigenvalue weighted by atomic mass is 10.5. The molecule has 0 atom stereocenters. The molecule has 6 heteroatoms. The Hall–Kier alpha value is 0.420. The molecular formula is C5H16Cl2N2O2. The predicted molar refractivity (Wildman–Crippen MR) is 41.0 cm³/mol. The highest BCUT2D eigenvalue weighted by Gasteiger charge is 2.04. The number of rotatable bonds is 4. The number of halogens is 2. The van der Waals surface area contributed by atoms with E-state index in [2.05, 4.69) is 26.0 Å². The molecule has 0 heterocycles. The van der Waals surface area contributed by atoms with Crippen molar-refractivity contribution in [3.8, 4) is 0 Å². The van der Waals surface area contributed by atoms with Crippen LogP contribution in [0.15, 0.2) is 0 Å². The zero-order valence-corrected chi connectivity index (χ0v) is 8.58. The van der Waals surface area contributed by atoms with Gasteiger partial charge in [0.1, 0.15) is 13.2 Å². The summed E-state index contributed by atoms with van der Waals surface area (Å²) in [5.74, 6) is 0. The lowest BCUT2D eigenvalue weighted by molar-refractivity contribution is -0.871. The van der Waals surface area contributed by atoms with E-state index in [0.717, 1.165) is 11.0 Å². The van der Waals surface area contributed by atoms with Gasteiger partial charge in [0.25, 0.3) is 0 Å². The number of nitrogens with zero attached hydrogens (tertiary/aromatic N) is 1. The SMILES string of the molecule is C[N+](C)(C)CCONO.Cl.[Cl-]. The summed E-state index contributed by atoms with van der Waals surface area (Å²) in [5, 5.41) is 7.98. The number of hydrogen-bond acceptors (Lipinski definition) is 3. The Morgan fingerprint density at radius 1 is 1.36 bits per heavy atom. The number of nitrogens with one attached hydrogen (secondary N) is 1. The minimum absolute atomic E-state index is 0. The standard InChI is InChI=1S/C5H15N2O2.2ClH/c1-7(2,3)4-5-9-6-8;;/h6,8H,4-5H2,1-3H3;2*1H/q+1;;/p-1. The average molecular weight is 207 g/mol. The summed E-state index contributed by atoms with van der Waals surface area (Å²) in [4.78, 5) is 4.50. The van der Waals surface area contributed by atoms with Crippen LogP contribution in [0, 0.1) is 0 Å². The van der Waals surface area contributed by atoms with Crippen molar-refractivity contribution in [1.29, 1.82) is 0 Å². The highest BCUT2D eigenvalue weighted by Crippen LogP contribution is 1.86. The van der Waals surface area contributed by atoms with Gasteiger partial charge in [0, 0.05) is 0 Å². The largest absolute Gasteiger partial charge is 1.00 e. The molecule has 0 aliphatic heterocycles. The Morgan fingerprint density at radius 2 is 1.82 bits per heavy atom. The van der Waals surface area contributed by atoms with Crippen LogP contribution in [0.5, 0.6) is 0 Å². The highest BCUT2D eigenvalue weighted by molar-refractivity contribution is 5.85. The number of quaternary nitrogens is 1. The fourth-order valence-corrected chi connectivity index (χ4v) is 0.365. The molecule has 0 aromatic heterocycles. The molecule has 0 aromatic rings. The van der Waals surface area contributed by atoms with Crippen molar-refractivity contribution in [3.05, 3.63) is 0 Å². The topological polar surface area (TPSA) is 41.5 Å². The molecule has 0 saturated heterocycles. The Kier molecular flexibility index (Phi) is 13.5. The Labute approximate surface area is 79.8 Å². The molecule has 0 aromatic carbocycles. The van der Waals surface area contributed by atoms with E-state index in [9.17, 15) is 0 Å². The summed E-state index contributed by atoms with van der Waals surface area (Å²) in [6, 6.07) is 0. The molecule has 0 spiro atoms. The van der Waals surface area contributed by atoms with E-state index in [1.54, 1.807) is 5.64 Å². The lowest BCUT2D eigenvalue weighted by Gasteiger charge is -2.22. The average Bonchev–Trinajstić information content (AvgIpc) is 1.63. The molecule has 0 saturated carbocycles. The maximum atomic E-state index is 7.98. The first-order chi connectivity index (χ1) is 4.06. The Balaban J connectivity index is -0.000000320. The highest BCUT2D eigenvalue weighted by atomic mass is 35.5. The van der Waals surface area contributed by atoms with E-state index in [4.69, 9.17) is 5.21 Å². The van der Waals surface area contributed by atoms with Gasteiger partial charge in [-0.25, -0.2) is 0 Å². The van der Waals surface area contributed by atoms with E-state index in [0.29, 0.717) is 6.61 Å². The van der Waals surface area contributed by atoms with Crippen LogP contribution in [-0.4, -0.2) is 44.0 Å². The van der Waals surface area contributed by atoms with E-state index < -0.39 is 0 Å². The van der Waals surface area contributed by atoms with Crippen molar-refractivity contribution < 1.29 is 26.9 Å². The predicted octanol–water partition coefficient (Wildman–Crippen LogP) is -2.97. The van der Waals surface area contributed by atoms with Crippen LogP contribution in [-0.2, 0) is 4.84 Å². The van der Waals surface area contributed by atoms with Crippen LogP contribution in [0.2, 0.25) is 0 Å². The first-order valence-corrected chi connectivity index (χ1v) is 2.87. The van der Waals surface area contributed by atoms with Gasteiger partial charge >= 0.3 is 0 Å². The quantitative estimate of drug-likeness (QED) is 0.294. The first-order valence-electron chi connectivity index (χ1n) is 2.87. The van der Waals surface area contributed by atoms with Crippen LogP contribution >= 0.6 is 12.4 Å². The molecule has 0 radical (unpaired) electrons. The van der Waals surface area contributed by atoms with Gasteiger partial charge < -0.3 is 16.9 Å². The molecular weight excluding hydrogens is 191 g/mol. The van der Waals surface area contributed by atoms with Crippen LogP contribution in [0.4, 0.5) is 0 Å². The van der Waals surface area contributed by atoms with E-state index in [-0.39, 0.29) is 24.8 Å². The van der Waals surface area contributed by atoms with Crippen molar-refractivity contribution in [2.45, 2.75) is 0 Å². The summed E-state index contributed by atoms with van der Waals surface area (Å²) in [7, 11) is 6.17. The van der Waals surface area contributed by atoms with Gasteiger partial charge in [0.05, 0.1) is 21.1 Å². The van der Waals surface area contributed by atoms with Crippen molar-refractivity contribution >= 4 is 12.4 Å². The summed E-state index contributed by atoms with van der Waals surface area (Å²) in [6.07, 6.45) is 0. The summed E-state index contributed by atoms with van der Waals surface area (Å²) >= 11 is 0.